The van der Waals surface area contributed by atoms with Gasteiger partial charge >= 0.3 is 0 Å². The van der Waals surface area contributed by atoms with Crippen molar-refractivity contribution in [3.05, 3.63) is 42.0 Å². The maximum absolute atomic E-state index is 5.18. The molecular weight excluding hydrogens is 252 g/mol. The van der Waals surface area contributed by atoms with E-state index in [1.807, 2.05) is 12.1 Å². The number of H-pyrrole nitrogens is 1. The number of rotatable bonds is 6. The van der Waals surface area contributed by atoms with Crippen LogP contribution in [-0.4, -0.2) is 34.9 Å². The van der Waals surface area contributed by atoms with Gasteiger partial charge in [-0.25, -0.2) is 4.98 Å². The van der Waals surface area contributed by atoms with Gasteiger partial charge < -0.3 is 10.1 Å². The van der Waals surface area contributed by atoms with E-state index in [9.17, 15) is 0 Å². The molecule has 2 aromatic rings. The van der Waals surface area contributed by atoms with Crippen molar-refractivity contribution < 1.29 is 4.74 Å². The zero-order valence-corrected chi connectivity index (χ0v) is 11.7. The quantitative estimate of drug-likeness (QED) is 0.843. The number of aromatic amines is 1. The van der Waals surface area contributed by atoms with E-state index in [2.05, 4.69) is 32.6 Å². The minimum atomic E-state index is 0.630. The smallest absolute Gasteiger partial charge is 0.137 e. The molecular formula is C15H20N4O. The number of benzene rings is 1. The zero-order chi connectivity index (χ0) is 13.8. The van der Waals surface area contributed by atoms with E-state index in [0.29, 0.717) is 12.0 Å². The average molecular weight is 272 g/mol. The van der Waals surface area contributed by atoms with Crippen LogP contribution in [0, 0.1) is 0 Å². The Labute approximate surface area is 118 Å². The highest BCUT2D eigenvalue weighted by atomic mass is 16.5. The Morgan fingerprint density at radius 2 is 2.10 bits per heavy atom. The van der Waals surface area contributed by atoms with E-state index in [1.165, 1.54) is 18.4 Å². The fourth-order valence-corrected chi connectivity index (χ4v) is 2.68. The summed E-state index contributed by atoms with van der Waals surface area (Å²) >= 11 is 0. The fourth-order valence-electron chi connectivity index (χ4n) is 2.68. The van der Waals surface area contributed by atoms with E-state index in [4.69, 9.17) is 4.74 Å². The third-order valence-corrected chi connectivity index (χ3v) is 3.99. The lowest BCUT2D eigenvalue weighted by Crippen LogP contribution is -2.41. The second kappa shape index (κ2) is 6.05. The first-order chi connectivity index (χ1) is 9.85. The van der Waals surface area contributed by atoms with Gasteiger partial charge in [-0.2, -0.15) is 5.10 Å². The molecule has 1 aliphatic carbocycles. The molecule has 0 bridgehead atoms. The molecule has 0 aliphatic heterocycles. The molecule has 0 radical (unpaired) electrons. The number of nitrogens with one attached hydrogen (secondary N) is 2. The summed E-state index contributed by atoms with van der Waals surface area (Å²) in [6.45, 7) is 0.954. The first-order valence-corrected chi connectivity index (χ1v) is 7.06. The highest BCUT2D eigenvalue weighted by molar-refractivity contribution is 5.30. The topological polar surface area (TPSA) is 62.8 Å². The number of hydrogen-bond donors (Lipinski definition) is 2. The maximum atomic E-state index is 5.18. The maximum Gasteiger partial charge on any atom is 0.137 e. The van der Waals surface area contributed by atoms with E-state index in [-0.39, 0.29) is 0 Å². The van der Waals surface area contributed by atoms with Gasteiger partial charge in [-0.3, -0.25) is 5.10 Å². The lowest BCUT2D eigenvalue weighted by atomic mass is 9.76. The Kier molecular flexibility index (Phi) is 3.97. The van der Waals surface area contributed by atoms with Crippen LogP contribution in [0.5, 0.6) is 5.75 Å². The Morgan fingerprint density at radius 1 is 1.30 bits per heavy atom. The molecule has 1 aromatic heterocycles. The molecule has 0 atom stereocenters. The Bertz CT molecular complexity index is 517. The predicted molar refractivity (Wildman–Crippen MR) is 76.8 cm³/mol. The molecule has 0 amide bonds. The van der Waals surface area contributed by atoms with Gasteiger partial charge in [-0.1, -0.05) is 12.1 Å². The van der Waals surface area contributed by atoms with Crippen LogP contribution in [0.3, 0.4) is 0 Å². The summed E-state index contributed by atoms with van der Waals surface area (Å²) in [5.41, 5.74) is 1.42. The largest absolute Gasteiger partial charge is 0.497 e. The van der Waals surface area contributed by atoms with E-state index >= 15 is 0 Å². The van der Waals surface area contributed by atoms with Gasteiger partial charge in [0.25, 0.3) is 0 Å². The SMILES string of the molecule is COc1ccc(C2CC(NCCc3ncn[nH]3)C2)cc1. The molecule has 5 nitrogen and oxygen atoms in total. The van der Waals surface area contributed by atoms with Gasteiger partial charge in [0.15, 0.2) is 0 Å². The summed E-state index contributed by atoms with van der Waals surface area (Å²) in [7, 11) is 1.70. The molecule has 0 unspecified atom stereocenters. The molecule has 0 spiro atoms. The van der Waals surface area contributed by atoms with Crippen LogP contribution in [0.25, 0.3) is 0 Å². The van der Waals surface area contributed by atoms with Crippen LogP contribution in [0.15, 0.2) is 30.6 Å². The van der Waals surface area contributed by atoms with Gasteiger partial charge in [0.2, 0.25) is 0 Å². The van der Waals surface area contributed by atoms with Crippen molar-refractivity contribution in [1.29, 1.82) is 0 Å². The lowest BCUT2D eigenvalue weighted by molar-refractivity contribution is 0.292. The van der Waals surface area contributed by atoms with Gasteiger partial charge in [-0.15, -0.1) is 0 Å². The number of methoxy groups -OCH3 is 1. The highest BCUT2D eigenvalue weighted by Gasteiger charge is 2.29. The van der Waals surface area contributed by atoms with Crippen molar-refractivity contribution in [1.82, 2.24) is 20.5 Å². The standard InChI is InChI=1S/C15H20N4O/c1-20-14-4-2-11(3-5-14)12-8-13(9-12)16-7-6-15-17-10-18-19-15/h2-5,10,12-13,16H,6-9H2,1H3,(H,17,18,19). The zero-order valence-electron chi connectivity index (χ0n) is 11.7. The molecule has 1 aromatic carbocycles. The van der Waals surface area contributed by atoms with Crippen LogP contribution in [0.1, 0.15) is 30.1 Å². The van der Waals surface area contributed by atoms with Crippen molar-refractivity contribution in [3.63, 3.8) is 0 Å². The average Bonchev–Trinajstić information content (AvgIpc) is 2.95. The number of nitrogens with zero attached hydrogens (tertiary/aromatic N) is 2. The van der Waals surface area contributed by atoms with Crippen LogP contribution in [-0.2, 0) is 6.42 Å². The summed E-state index contributed by atoms with van der Waals surface area (Å²) in [5, 5.41) is 10.3. The van der Waals surface area contributed by atoms with Crippen molar-refractivity contribution in [2.45, 2.75) is 31.2 Å². The first kappa shape index (κ1) is 13.1. The van der Waals surface area contributed by atoms with Crippen molar-refractivity contribution in [2.75, 3.05) is 13.7 Å². The van der Waals surface area contributed by atoms with Crippen molar-refractivity contribution in [2.24, 2.45) is 0 Å². The fraction of sp³-hybridized carbons (Fsp3) is 0.467. The monoisotopic (exact) mass is 272 g/mol. The molecule has 3 rings (SSSR count). The summed E-state index contributed by atoms with van der Waals surface area (Å²) in [6.07, 6.45) is 4.88. The van der Waals surface area contributed by atoms with E-state index in [0.717, 1.165) is 24.5 Å². The molecule has 2 N–H and O–H groups in total. The first-order valence-electron chi connectivity index (χ1n) is 7.06. The van der Waals surface area contributed by atoms with Gasteiger partial charge in [0.05, 0.1) is 7.11 Å². The Morgan fingerprint density at radius 3 is 2.75 bits per heavy atom. The van der Waals surface area contributed by atoms with Gasteiger partial charge in [0.1, 0.15) is 17.9 Å². The van der Waals surface area contributed by atoms with Crippen LogP contribution in [0.4, 0.5) is 0 Å². The Hall–Kier alpha value is -1.88. The summed E-state index contributed by atoms with van der Waals surface area (Å²) < 4.78 is 5.18. The van der Waals surface area contributed by atoms with Gasteiger partial charge in [-0.05, 0) is 36.5 Å². The second-order valence-electron chi connectivity index (χ2n) is 5.27. The molecule has 20 heavy (non-hydrogen) atoms. The van der Waals surface area contributed by atoms with E-state index in [1.54, 1.807) is 13.4 Å². The molecule has 1 heterocycles. The molecule has 106 valence electrons. The molecule has 5 heteroatoms. The van der Waals surface area contributed by atoms with Crippen molar-refractivity contribution in [3.8, 4) is 5.75 Å². The molecule has 1 saturated carbocycles. The lowest BCUT2D eigenvalue weighted by Gasteiger charge is -2.36. The predicted octanol–water partition coefficient (Wildman–Crippen LogP) is 1.89. The number of hydrogen-bond acceptors (Lipinski definition) is 4. The third-order valence-electron chi connectivity index (χ3n) is 3.99. The minimum absolute atomic E-state index is 0.630. The van der Waals surface area contributed by atoms with Gasteiger partial charge in [0, 0.05) is 19.0 Å². The highest BCUT2D eigenvalue weighted by Crippen LogP contribution is 2.37. The van der Waals surface area contributed by atoms with Crippen LogP contribution in [0.2, 0.25) is 0 Å². The summed E-state index contributed by atoms with van der Waals surface area (Å²) in [5.74, 6) is 2.56. The van der Waals surface area contributed by atoms with E-state index < -0.39 is 0 Å². The second-order valence-corrected chi connectivity index (χ2v) is 5.27. The third kappa shape index (κ3) is 2.99. The molecule has 1 fully saturated rings. The van der Waals surface area contributed by atoms with Crippen LogP contribution >= 0.6 is 0 Å². The molecule has 1 aliphatic rings. The Balaban J connectivity index is 1.39. The molecule has 0 saturated heterocycles. The number of aromatic nitrogens is 3. The number of ether oxygens (including phenoxy) is 1. The minimum Gasteiger partial charge on any atom is -0.497 e. The summed E-state index contributed by atoms with van der Waals surface area (Å²) in [6, 6.07) is 9.06. The van der Waals surface area contributed by atoms with Crippen LogP contribution < -0.4 is 10.1 Å². The van der Waals surface area contributed by atoms with Crippen molar-refractivity contribution >= 4 is 0 Å². The normalized spacial score (nSPS) is 21.4. The summed E-state index contributed by atoms with van der Waals surface area (Å²) in [4.78, 5) is 4.12.